The number of nitrogens with one attached hydrogen (secondary N) is 1. The van der Waals surface area contributed by atoms with Crippen LogP contribution in [0.3, 0.4) is 0 Å². The highest BCUT2D eigenvalue weighted by Gasteiger charge is 2.24. The van der Waals surface area contributed by atoms with Gasteiger partial charge in [-0.1, -0.05) is 11.6 Å². The van der Waals surface area contributed by atoms with Crippen molar-refractivity contribution in [3.63, 3.8) is 0 Å². The molecular formula is C18H18ClF2N3O3S. The molecule has 1 heterocycles. The number of amides is 1. The molecule has 2 aromatic carbocycles. The minimum absolute atomic E-state index is 0.157. The van der Waals surface area contributed by atoms with Crippen molar-refractivity contribution >= 4 is 34.1 Å². The first-order valence-electron chi connectivity index (χ1n) is 8.49. The van der Waals surface area contributed by atoms with Gasteiger partial charge in [0.1, 0.15) is 11.6 Å². The molecule has 0 atom stereocenters. The highest BCUT2D eigenvalue weighted by molar-refractivity contribution is 7.73. The molecule has 0 spiro atoms. The first kappa shape index (κ1) is 20.5. The van der Waals surface area contributed by atoms with Crippen LogP contribution in [0.5, 0.6) is 0 Å². The average Bonchev–Trinajstić information content (AvgIpc) is 2.60. The molecule has 2 aromatic rings. The maximum atomic E-state index is 13.3. The number of halogens is 3. The van der Waals surface area contributed by atoms with E-state index in [9.17, 15) is 22.0 Å². The lowest BCUT2D eigenvalue weighted by Crippen LogP contribution is -2.48. The third-order valence-corrected chi connectivity index (χ3v) is 5.16. The number of carbonyl (C=O) groups excluding carboxylic acids is 1. The normalized spacial score (nSPS) is 15.1. The topological polar surface area (TPSA) is 69.7 Å². The third kappa shape index (κ3) is 5.18. The van der Waals surface area contributed by atoms with Gasteiger partial charge in [0, 0.05) is 44.5 Å². The quantitative estimate of drug-likeness (QED) is 0.717. The van der Waals surface area contributed by atoms with Crippen molar-refractivity contribution in [2.75, 3.05) is 30.9 Å². The van der Waals surface area contributed by atoms with E-state index in [4.69, 9.17) is 11.6 Å². The van der Waals surface area contributed by atoms with E-state index < -0.39 is 22.5 Å². The van der Waals surface area contributed by atoms with Gasteiger partial charge in [-0.25, -0.2) is 17.2 Å². The fraction of sp³-hybridized carbons (Fsp3) is 0.278. The zero-order valence-corrected chi connectivity index (χ0v) is 16.4. The van der Waals surface area contributed by atoms with Crippen molar-refractivity contribution in [1.29, 1.82) is 0 Å². The number of piperazine rings is 1. The van der Waals surface area contributed by atoms with Gasteiger partial charge < -0.3 is 4.90 Å². The maximum absolute atomic E-state index is 13.3. The third-order valence-electron chi connectivity index (χ3n) is 4.41. The van der Waals surface area contributed by atoms with Gasteiger partial charge >= 0.3 is 0 Å². The molecule has 0 bridgehead atoms. The molecule has 28 heavy (non-hydrogen) atoms. The number of nitrogens with zero attached hydrogens (tertiary/aromatic N) is 2. The molecule has 1 aliphatic heterocycles. The van der Waals surface area contributed by atoms with E-state index >= 15 is 0 Å². The fourth-order valence-corrected chi connectivity index (χ4v) is 3.71. The Balaban J connectivity index is 1.60. The Morgan fingerprint density at radius 2 is 1.68 bits per heavy atom. The second-order valence-electron chi connectivity index (χ2n) is 6.41. The van der Waals surface area contributed by atoms with Crippen LogP contribution in [-0.4, -0.2) is 50.3 Å². The van der Waals surface area contributed by atoms with Crippen LogP contribution in [0, 0.1) is 11.6 Å². The number of carbonyl (C=O) groups is 1. The molecule has 0 unspecified atom stereocenters. The van der Waals surface area contributed by atoms with Gasteiger partial charge in [0.05, 0.1) is 10.6 Å². The van der Waals surface area contributed by atoms with Gasteiger partial charge in [-0.05, 0) is 35.9 Å². The van der Waals surface area contributed by atoms with E-state index in [0.29, 0.717) is 38.3 Å². The Bertz CT molecular complexity index is 935. The lowest BCUT2D eigenvalue weighted by molar-refractivity contribution is 0.0628. The smallest absolute Gasteiger partial charge is 0.255 e. The predicted molar refractivity (Wildman–Crippen MR) is 103 cm³/mol. The van der Waals surface area contributed by atoms with E-state index in [0.717, 1.165) is 6.07 Å². The van der Waals surface area contributed by atoms with E-state index in [1.807, 2.05) is 4.90 Å². The number of hydrogen-bond donors (Lipinski definition) is 2. The molecule has 1 saturated heterocycles. The Kier molecular flexibility index (Phi) is 6.48. The van der Waals surface area contributed by atoms with Crippen LogP contribution in [0.15, 0.2) is 36.4 Å². The molecule has 150 valence electrons. The summed E-state index contributed by atoms with van der Waals surface area (Å²) in [4.78, 5) is 16.3. The van der Waals surface area contributed by atoms with E-state index in [-0.39, 0.29) is 22.2 Å². The van der Waals surface area contributed by atoms with Gasteiger partial charge in [-0.3, -0.25) is 14.4 Å². The standard InChI is InChI=1S/C18H18ClF2N3O3S/c19-17-10-15(22-28(26)27)1-2-16(17)18(25)24-5-3-23(4-6-24)11-12-7-13(20)9-14(21)8-12/h1-2,7-10,28H,3-6,11H2,(H,22,26,27). The fourth-order valence-electron chi connectivity index (χ4n) is 3.10. The Morgan fingerprint density at radius 1 is 1.04 bits per heavy atom. The maximum Gasteiger partial charge on any atom is 0.255 e. The van der Waals surface area contributed by atoms with Crippen molar-refractivity contribution in [1.82, 2.24) is 9.80 Å². The first-order chi connectivity index (χ1) is 13.3. The van der Waals surface area contributed by atoms with E-state index in [2.05, 4.69) is 4.72 Å². The van der Waals surface area contributed by atoms with Crippen LogP contribution in [0.2, 0.25) is 5.02 Å². The molecule has 1 fully saturated rings. The number of benzene rings is 2. The summed E-state index contributed by atoms with van der Waals surface area (Å²) in [6.07, 6.45) is 0. The molecular weight excluding hydrogens is 412 g/mol. The summed E-state index contributed by atoms with van der Waals surface area (Å²) < 4.78 is 50.2. The van der Waals surface area contributed by atoms with Crippen LogP contribution in [0.25, 0.3) is 0 Å². The molecule has 6 nitrogen and oxygen atoms in total. The second kappa shape index (κ2) is 8.85. The zero-order chi connectivity index (χ0) is 20.3. The monoisotopic (exact) mass is 429 g/mol. The van der Waals surface area contributed by atoms with Crippen molar-refractivity contribution in [2.24, 2.45) is 0 Å². The molecule has 10 heteroatoms. The highest BCUT2D eigenvalue weighted by Crippen LogP contribution is 2.23. The largest absolute Gasteiger partial charge is 0.336 e. The van der Waals surface area contributed by atoms with Crippen LogP contribution >= 0.6 is 11.6 Å². The summed E-state index contributed by atoms with van der Waals surface area (Å²) in [6.45, 7) is 2.39. The van der Waals surface area contributed by atoms with Gasteiger partial charge in [0.25, 0.3) is 5.91 Å². The Morgan fingerprint density at radius 3 is 2.25 bits per heavy atom. The van der Waals surface area contributed by atoms with Crippen molar-refractivity contribution < 1.29 is 22.0 Å². The first-order valence-corrected chi connectivity index (χ1v) is 10.0. The Hall–Kier alpha value is -2.23. The molecule has 0 aliphatic carbocycles. The van der Waals surface area contributed by atoms with E-state index in [1.165, 1.54) is 30.3 Å². The molecule has 0 aromatic heterocycles. The molecule has 1 amide bonds. The highest BCUT2D eigenvalue weighted by atomic mass is 35.5. The summed E-state index contributed by atoms with van der Waals surface area (Å²) in [7, 11) is -2.81. The lowest BCUT2D eigenvalue weighted by Gasteiger charge is -2.35. The van der Waals surface area contributed by atoms with Crippen LogP contribution in [0.1, 0.15) is 15.9 Å². The SMILES string of the molecule is O=C(c1ccc(N[SH](=O)=O)cc1Cl)N1CCN(Cc2cc(F)cc(F)c2)CC1. The van der Waals surface area contributed by atoms with Gasteiger partial charge in [0.15, 0.2) is 0 Å². The average molecular weight is 430 g/mol. The summed E-state index contributed by atoms with van der Waals surface area (Å²) in [6, 6.07) is 7.76. The summed E-state index contributed by atoms with van der Waals surface area (Å²) >= 11 is 6.13. The van der Waals surface area contributed by atoms with Crippen molar-refractivity contribution in [3.8, 4) is 0 Å². The summed E-state index contributed by atoms with van der Waals surface area (Å²) in [5, 5.41) is 0.157. The van der Waals surface area contributed by atoms with Crippen LogP contribution < -0.4 is 4.72 Å². The Labute approximate surface area is 167 Å². The number of thiol groups is 1. The van der Waals surface area contributed by atoms with Crippen LogP contribution in [0.4, 0.5) is 14.5 Å². The molecule has 0 saturated carbocycles. The number of anilines is 1. The zero-order valence-electron chi connectivity index (χ0n) is 14.7. The number of hydrogen-bond acceptors (Lipinski definition) is 4. The summed E-state index contributed by atoms with van der Waals surface area (Å²) in [5.41, 5.74) is 1.11. The lowest BCUT2D eigenvalue weighted by atomic mass is 10.1. The second-order valence-corrected chi connectivity index (χ2v) is 7.55. The molecule has 0 radical (unpaired) electrons. The van der Waals surface area contributed by atoms with Gasteiger partial charge in [-0.2, -0.15) is 0 Å². The molecule has 1 N–H and O–H groups in total. The predicted octanol–water partition coefficient (Wildman–Crippen LogP) is 2.51. The van der Waals surface area contributed by atoms with Crippen LogP contribution in [-0.2, 0) is 17.4 Å². The minimum atomic E-state index is -2.81. The molecule has 1 aliphatic rings. The number of rotatable bonds is 5. The summed E-state index contributed by atoms with van der Waals surface area (Å²) in [5.74, 6) is -1.48. The minimum Gasteiger partial charge on any atom is -0.336 e. The van der Waals surface area contributed by atoms with E-state index in [1.54, 1.807) is 4.90 Å². The molecule has 3 rings (SSSR count). The van der Waals surface area contributed by atoms with Crippen molar-refractivity contribution in [3.05, 3.63) is 64.2 Å². The van der Waals surface area contributed by atoms with Gasteiger partial charge in [0.2, 0.25) is 10.9 Å². The van der Waals surface area contributed by atoms with Crippen molar-refractivity contribution in [2.45, 2.75) is 6.54 Å². The van der Waals surface area contributed by atoms with Gasteiger partial charge in [-0.15, -0.1) is 0 Å².